The molecule has 0 aliphatic rings. The van der Waals surface area contributed by atoms with Crippen LogP contribution in [0.1, 0.15) is 5.56 Å². The van der Waals surface area contributed by atoms with Crippen LogP contribution in [0.3, 0.4) is 0 Å². The molecule has 0 aliphatic heterocycles. The van der Waals surface area contributed by atoms with E-state index in [0.717, 1.165) is 23.7 Å². The van der Waals surface area contributed by atoms with Crippen molar-refractivity contribution in [2.24, 2.45) is 0 Å². The van der Waals surface area contributed by atoms with Gasteiger partial charge in [0, 0.05) is 17.3 Å². The van der Waals surface area contributed by atoms with Crippen molar-refractivity contribution in [2.75, 3.05) is 11.9 Å². The normalized spacial score (nSPS) is 10.1. The van der Waals surface area contributed by atoms with E-state index in [9.17, 15) is 0 Å². The topological polar surface area (TPSA) is 12.0 Å². The third kappa shape index (κ3) is 3.28. The van der Waals surface area contributed by atoms with Crippen molar-refractivity contribution in [3.8, 4) is 0 Å². The molecule has 82 valence electrons. The lowest BCUT2D eigenvalue weighted by Crippen LogP contribution is -2.04. The quantitative estimate of drug-likeness (QED) is 0.839. The average molecular weight is 232 g/mol. The summed E-state index contributed by atoms with van der Waals surface area (Å²) in [6, 6.07) is 18.2. The van der Waals surface area contributed by atoms with Gasteiger partial charge in [-0.2, -0.15) is 0 Å². The van der Waals surface area contributed by atoms with Gasteiger partial charge in [-0.15, -0.1) is 0 Å². The van der Waals surface area contributed by atoms with Gasteiger partial charge in [0.2, 0.25) is 0 Å². The maximum Gasteiger partial charge on any atom is 0.0406 e. The Morgan fingerprint density at radius 3 is 2.25 bits per heavy atom. The molecule has 16 heavy (non-hydrogen) atoms. The Bertz CT molecular complexity index is 422. The molecule has 0 fully saturated rings. The molecule has 0 bridgehead atoms. The van der Waals surface area contributed by atoms with Crippen molar-refractivity contribution >= 4 is 17.3 Å². The fourth-order valence-corrected chi connectivity index (χ4v) is 1.68. The highest BCUT2D eigenvalue weighted by molar-refractivity contribution is 6.30. The van der Waals surface area contributed by atoms with E-state index in [2.05, 4.69) is 29.6 Å². The van der Waals surface area contributed by atoms with Crippen LogP contribution in [0.25, 0.3) is 0 Å². The number of hydrogen-bond acceptors (Lipinski definition) is 1. The SMILES string of the molecule is Clc1ccc(CCNc2ccccc2)cc1. The second-order valence-electron chi connectivity index (χ2n) is 3.67. The van der Waals surface area contributed by atoms with E-state index in [1.165, 1.54) is 5.56 Å². The second-order valence-corrected chi connectivity index (χ2v) is 4.11. The monoisotopic (exact) mass is 231 g/mol. The van der Waals surface area contributed by atoms with E-state index < -0.39 is 0 Å². The summed E-state index contributed by atoms with van der Waals surface area (Å²) in [5.74, 6) is 0. The average Bonchev–Trinajstić information content (AvgIpc) is 2.33. The molecular weight excluding hydrogens is 218 g/mol. The van der Waals surface area contributed by atoms with Crippen LogP contribution in [0.4, 0.5) is 5.69 Å². The lowest BCUT2D eigenvalue weighted by Gasteiger charge is -2.06. The fourth-order valence-electron chi connectivity index (χ4n) is 1.56. The first-order chi connectivity index (χ1) is 7.84. The van der Waals surface area contributed by atoms with E-state index >= 15 is 0 Å². The van der Waals surface area contributed by atoms with Gasteiger partial charge in [-0.3, -0.25) is 0 Å². The van der Waals surface area contributed by atoms with E-state index in [1.807, 2.05) is 30.3 Å². The van der Waals surface area contributed by atoms with Crippen molar-refractivity contribution < 1.29 is 0 Å². The van der Waals surface area contributed by atoms with Gasteiger partial charge in [0.1, 0.15) is 0 Å². The zero-order valence-electron chi connectivity index (χ0n) is 8.99. The van der Waals surface area contributed by atoms with Crippen molar-refractivity contribution in [1.82, 2.24) is 0 Å². The molecule has 0 saturated carbocycles. The maximum atomic E-state index is 5.83. The molecule has 2 heteroatoms. The maximum absolute atomic E-state index is 5.83. The van der Waals surface area contributed by atoms with E-state index in [-0.39, 0.29) is 0 Å². The molecule has 0 spiro atoms. The molecule has 0 unspecified atom stereocenters. The Hall–Kier alpha value is -1.47. The molecule has 2 aromatic rings. The zero-order chi connectivity index (χ0) is 11.2. The number of halogens is 1. The minimum atomic E-state index is 0.791. The highest BCUT2D eigenvalue weighted by Crippen LogP contribution is 2.10. The van der Waals surface area contributed by atoms with E-state index in [4.69, 9.17) is 11.6 Å². The third-order valence-corrected chi connectivity index (χ3v) is 2.68. The predicted octanol–water partition coefficient (Wildman–Crippen LogP) is 3.99. The summed E-state index contributed by atoms with van der Waals surface area (Å²) in [7, 11) is 0. The van der Waals surface area contributed by atoms with E-state index in [0.29, 0.717) is 0 Å². The molecule has 2 rings (SSSR count). The number of rotatable bonds is 4. The van der Waals surface area contributed by atoms with Crippen LogP contribution in [0.2, 0.25) is 5.02 Å². The van der Waals surface area contributed by atoms with Crippen LogP contribution >= 0.6 is 11.6 Å². The smallest absolute Gasteiger partial charge is 0.0406 e. The highest BCUT2D eigenvalue weighted by Gasteiger charge is 1.93. The standard InChI is InChI=1S/C14H14ClN/c15-13-8-6-12(7-9-13)10-11-16-14-4-2-1-3-5-14/h1-9,16H,10-11H2. The molecule has 0 radical (unpaired) electrons. The summed E-state index contributed by atoms with van der Waals surface area (Å²) in [6.07, 6.45) is 1.01. The number of para-hydroxylation sites is 1. The second kappa shape index (κ2) is 5.57. The van der Waals surface area contributed by atoms with Gasteiger partial charge in [0.05, 0.1) is 0 Å². The number of hydrogen-bond donors (Lipinski definition) is 1. The minimum Gasteiger partial charge on any atom is -0.385 e. The van der Waals surface area contributed by atoms with Crippen LogP contribution in [-0.2, 0) is 6.42 Å². The Labute approximate surface area is 101 Å². The summed E-state index contributed by atoms with van der Waals surface area (Å²) in [4.78, 5) is 0. The molecule has 0 saturated heterocycles. The summed E-state index contributed by atoms with van der Waals surface area (Å²) >= 11 is 5.83. The van der Waals surface area contributed by atoms with Crippen molar-refractivity contribution in [1.29, 1.82) is 0 Å². The molecule has 0 amide bonds. The lowest BCUT2D eigenvalue weighted by molar-refractivity contribution is 1.02. The third-order valence-electron chi connectivity index (χ3n) is 2.43. The van der Waals surface area contributed by atoms with Crippen LogP contribution in [0.5, 0.6) is 0 Å². The first-order valence-corrected chi connectivity index (χ1v) is 5.76. The molecule has 0 atom stereocenters. The van der Waals surface area contributed by atoms with Crippen LogP contribution in [0.15, 0.2) is 54.6 Å². The summed E-state index contributed by atoms with van der Waals surface area (Å²) in [5.41, 5.74) is 2.46. The summed E-state index contributed by atoms with van der Waals surface area (Å²) in [6.45, 7) is 0.936. The predicted molar refractivity (Wildman–Crippen MR) is 70.1 cm³/mol. The van der Waals surface area contributed by atoms with Gasteiger partial charge in [0.25, 0.3) is 0 Å². The zero-order valence-corrected chi connectivity index (χ0v) is 9.74. The Kier molecular flexibility index (Phi) is 3.84. The largest absolute Gasteiger partial charge is 0.385 e. The molecule has 0 aromatic heterocycles. The van der Waals surface area contributed by atoms with Gasteiger partial charge in [-0.05, 0) is 36.2 Å². The first-order valence-electron chi connectivity index (χ1n) is 5.38. The highest BCUT2D eigenvalue weighted by atomic mass is 35.5. The van der Waals surface area contributed by atoms with Crippen molar-refractivity contribution in [3.05, 3.63) is 65.2 Å². The molecule has 0 heterocycles. The Balaban J connectivity index is 1.82. The number of nitrogens with one attached hydrogen (secondary N) is 1. The number of benzene rings is 2. The van der Waals surface area contributed by atoms with Gasteiger partial charge >= 0.3 is 0 Å². The molecule has 0 aliphatic carbocycles. The molecule has 2 aromatic carbocycles. The molecular formula is C14H14ClN. The van der Waals surface area contributed by atoms with Crippen LogP contribution in [0, 0.1) is 0 Å². The van der Waals surface area contributed by atoms with E-state index in [1.54, 1.807) is 0 Å². The van der Waals surface area contributed by atoms with Crippen LogP contribution in [-0.4, -0.2) is 6.54 Å². The first kappa shape index (κ1) is 11.0. The Morgan fingerprint density at radius 1 is 0.875 bits per heavy atom. The Morgan fingerprint density at radius 2 is 1.56 bits per heavy atom. The van der Waals surface area contributed by atoms with Crippen molar-refractivity contribution in [3.63, 3.8) is 0 Å². The van der Waals surface area contributed by atoms with Gasteiger partial charge in [-0.25, -0.2) is 0 Å². The number of anilines is 1. The summed E-state index contributed by atoms with van der Waals surface area (Å²) in [5, 5.41) is 4.17. The fraction of sp³-hybridized carbons (Fsp3) is 0.143. The van der Waals surface area contributed by atoms with Gasteiger partial charge < -0.3 is 5.32 Å². The lowest BCUT2D eigenvalue weighted by atomic mass is 10.1. The molecule has 1 nitrogen and oxygen atoms in total. The van der Waals surface area contributed by atoms with Gasteiger partial charge in [-0.1, -0.05) is 41.9 Å². The van der Waals surface area contributed by atoms with Crippen molar-refractivity contribution in [2.45, 2.75) is 6.42 Å². The minimum absolute atomic E-state index is 0.791. The molecule has 1 N–H and O–H groups in total. The van der Waals surface area contributed by atoms with Crippen LogP contribution < -0.4 is 5.32 Å². The summed E-state index contributed by atoms with van der Waals surface area (Å²) < 4.78 is 0. The van der Waals surface area contributed by atoms with Gasteiger partial charge in [0.15, 0.2) is 0 Å².